The number of pyridine rings is 2. The molecule has 4 aromatic rings. The summed E-state index contributed by atoms with van der Waals surface area (Å²) in [5.74, 6) is -0.403. The van der Waals surface area contributed by atoms with Crippen LogP contribution in [0.4, 0.5) is 0 Å². The van der Waals surface area contributed by atoms with Gasteiger partial charge in [-0.15, -0.1) is 0 Å². The molecule has 2 aromatic heterocycles. The highest BCUT2D eigenvalue weighted by molar-refractivity contribution is 7.90. The highest BCUT2D eigenvalue weighted by Crippen LogP contribution is 2.32. The number of aryl methyl sites for hydroxylation is 4. The maximum atomic E-state index is 13.2. The van der Waals surface area contributed by atoms with Crippen LogP contribution >= 0.6 is 0 Å². The van der Waals surface area contributed by atoms with Crippen LogP contribution in [0.5, 0.6) is 11.6 Å². The summed E-state index contributed by atoms with van der Waals surface area (Å²) in [6.45, 7) is 7.41. The van der Waals surface area contributed by atoms with Crippen LogP contribution in [0, 0.1) is 39.0 Å². The number of nitrogens with zero attached hydrogens (tertiary/aromatic N) is 3. The summed E-state index contributed by atoms with van der Waals surface area (Å²) in [6.07, 6.45) is 0.289. The number of rotatable bonds is 7. The van der Waals surface area contributed by atoms with E-state index in [0.29, 0.717) is 17.1 Å². The van der Waals surface area contributed by atoms with Crippen LogP contribution in [0.2, 0.25) is 0 Å². The molecule has 0 unspecified atom stereocenters. The molecule has 8 nitrogen and oxygen atoms in total. The SMILES string of the molecule is Cc1cc(C)c(Oc2nc(-c3ccc(CC#N)cc3)ccc2C(=O)NS(=O)(=O)c2cccc(C)n2)c(C)c1.[HH].[HH]. The van der Waals surface area contributed by atoms with E-state index in [1.165, 1.54) is 12.1 Å². The molecule has 0 aliphatic heterocycles. The minimum atomic E-state index is -4.23. The van der Waals surface area contributed by atoms with Crippen LogP contribution in [0.1, 0.15) is 41.2 Å². The van der Waals surface area contributed by atoms with Crippen molar-refractivity contribution in [3.8, 4) is 29.0 Å². The van der Waals surface area contributed by atoms with Crippen LogP contribution in [0.15, 0.2) is 71.8 Å². The van der Waals surface area contributed by atoms with Crippen LogP contribution in [-0.4, -0.2) is 24.3 Å². The minimum Gasteiger partial charge on any atom is -0.438 e. The molecular weight excluding hydrogens is 500 g/mol. The lowest BCUT2D eigenvalue weighted by molar-refractivity contribution is 0.0978. The number of sulfonamides is 1. The average Bonchev–Trinajstić information content (AvgIpc) is 2.86. The molecule has 0 aliphatic carbocycles. The molecule has 0 radical (unpaired) electrons. The molecule has 0 fully saturated rings. The number of carbonyl (C=O) groups is 1. The summed E-state index contributed by atoms with van der Waals surface area (Å²) in [6, 6.07) is 21.0. The largest absolute Gasteiger partial charge is 0.438 e. The molecule has 4 rings (SSSR count). The first-order valence-electron chi connectivity index (χ1n) is 11.8. The second-order valence-corrected chi connectivity index (χ2v) is 10.6. The van der Waals surface area contributed by atoms with Crippen LogP contribution < -0.4 is 9.46 Å². The quantitative estimate of drug-likeness (QED) is 0.318. The van der Waals surface area contributed by atoms with Gasteiger partial charge in [-0.2, -0.15) is 13.7 Å². The first kappa shape index (κ1) is 26.5. The third kappa shape index (κ3) is 5.88. The summed E-state index contributed by atoms with van der Waals surface area (Å²) in [5, 5.41) is 8.67. The zero-order chi connectivity index (χ0) is 27.4. The first-order valence-corrected chi connectivity index (χ1v) is 13.3. The van der Waals surface area contributed by atoms with Gasteiger partial charge in [-0.05, 0) is 68.7 Å². The first-order chi connectivity index (χ1) is 18.1. The zero-order valence-electron chi connectivity index (χ0n) is 21.4. The topological polar surface area (TPSA) is 122 Å². The van der Waals surface area contributed by atoms with E-state index in [0.717, 1.165) is 27.8 Å². The molecule has 1 N–H and O–H groups in total. The lowest BCUT2D eigenvalue weighted by Crippen LogP contribution is -2.31. The molecule has 2 aromatic carbocycles. The Labute approximate surface area is 225 Å². The lowest BCUT2D eigenvalue weighted by atomic mass is 10.1. The number of nitriles is 1. The number of hydrogen-bond donors (Lipinski definition) is 1. The highest BCUT2D eigenvalue weighted by atomic mass is 32.2. The Hall–Kier alpha value is -4.55. The van der Waals surface area contributed by atoms with Gasteiger partial charge in [0.25, 0.3) is 15.9 Å². The van der Waals surface area contributed by atoms with Crippen LogP contribution in [0.3, 0.4) is 0 Å². The molecule has 0 atom stereocenters. The Kier molecular flexibility index (Phi) is 7.55. The van der Waals surface area contributed by atoms with E-state index in [4.69, 9.17) is 10.00 Å². The molecule has 38 heavy (non-hydrogen) atoms. The van der Waals surface area contributed by atoms with Crippen molar-refractivity contribution in [2.24, 2.45) is 0 Å². The normalized spacial score (nSPS) is 11.0. The Morgan fingerprint density at radius 3 is 2.29 bits per heavy atom. The molecule has 0 saturated carbocycles. The third-order valence-electron chi connectivity index (χ3n) is 5.81. The van der Waals surface area contributed by atoms with Gasteiger partial charge in [-0.1, -0.05) is 48.0 Å². The second-order valence-electron chi connectivity index (χ2n) is 8.96. The second kappa shape index (κ2) is 10.8. The number of benzene rings is 2. The van der Waals surface area contributed by atoms with Gasteiger partial charge in [0.05, 0.1) is 18.2 Å². The molecule has 0 saturated heterocycles. The average molecular weight is 531 g/mol. The molecule has 2 heterocycles. The van der Waals surface area contributed by atoms with E-state index in [-0.39, 0.29) is 25.7 Å². The van der Waals surface area contributed by atoms with Gasteiger partial charge in [0.1, 0.15) is 11.3 Å². The molecule has 0 spiro atoms. The smallest absolute Gasteiger partial charge is 0.281 e. The van der Waals surface area contributed by atoms with Crippen molar-refractivity contribution in [2.75, 3.05) is 0 Å². The van der Waals surface area contributed by atoms with E-state index in [1.807, 2.05) is 57.2 Å². The third-order valence-corrected chi connectivity index (χ3v) is 7.04. The number of aromatic nitrogens is 2. The fourth-order valence-corrected chi connectivity index (χ4v) is 5.04. The molecule has 0 bridgehead atoms. The van der Waals surface area contributed by atoms with Gasteiger partial charge in [-0.3, -0.25) is 4.79 Å². The summed E-state index contributed by atoms with van der Waals surface area (Å²) < 4.78 is 34.0. The number of nitrogens with one attached hydrogen (secondary N) is 1. The van der Waals surface area contributed by atoms with Crippen molar-refractivity contribution in [1.82, 2.24) is 14.7 Å². The number of amides is 1. The monoisotopic (exact) mass is 530 g/mol. The van der Waals surface area contributed by atoms with E-state index < -0.39 is 15.9 Å². The Bertz CT molecular complexity index is 1660. The maximum absolute atomic E-state index is 13.2. The summed E-state index contributed by atoms with van der Waals surface area (Å²) in [7, 11) is -4.23. The summed E-state index contributed by atoms with van der Waals surface area (Å²) in [5.41, 5.74) is 5.33. The van der Waals surface area contributed by atoms with Crippen molar-refractivity contribution in [3.05, 3.63) is 100 Å². The van der Waals surface area contributed by atoms with E-state index in [2.05, 4.69) is 20.8 Å². The molecule has 9 heteroatoms. The van der Waals surface area contributed by atoms with E-state index >= 15 is 0 Å². The number of carbonyl (C=O) groups excluding carboxylic acids is 1. The van der Waals surface area contributed by atoms with Gasteiger partial charge in [0.2, 0.25) is 5.88 Å². The van der Waals surface area contributed by atoms with Crippen LogP contribution in [0.25, 0.3) is 11.3 Å². The summed E-state index contributed by atoms with van der Waals surface area (Å²) >= 11 is 0. The summed E-state index contributed by atoms with van der Waals surface area (Å²) in [4.78, 5) is 21.9. The predicted molar refractivity (Wildman–Crippen MR) is 148 cm³/mol. The Morgan fingerprint density at radius 2 is 1.66 bits per heavy atom. The number of hydrogen-bond acceptors (Lipinski definition) is 7. The van der Waals surface area contributed by atoms with Gasteiger partial charge in [0.15, 0.2) is 5.03 Å². The van der Waals surface area contributed by atoms with Crippen LogP contribution in [-0.2, 0) is 16.4 Å². The van der Waals surface area contributed by atoms with E-state index in [9.17, 15) is 13.2 Å². The lowest BCUT2D eigenvalue weighted by Gasteiger charge is -2.16. The standard InChI is InChI=1S/C29H26N4O4S.2H2/c1-18-16-19(2)27(20(3)17-18)37-29-24(28(34)33-38(35,36)26-7-5-6-21(4)31-26)12-13-25(32-29)23-10-8-22(9-11-23)14-15-30;;/h5-13,16-17H,14H2,1-4H3,(H,33,34);2*1H. The van der Waals surface area contributed by atoms with Crippen molar-refractivity contribution in [1.29, 1.82) is 5.26 Å². The molecule has 196 valence electrons. The van der Waals surface area contributed by atoms with Crippen molar-refractivity contribution < 1.29 is 20.8 Å². The highest BCUT2D eigenvalue weighted by Gasteiger charge is 2.24. The molecular formula is C29H30N4O4S. The Balaban J connectivity index is 0.00000280. The van der Waals surface area contributed by atoms with Gasteiger partial charge in [0, 0.05) is 14.1 Å². The fourth-order valence-electron chi connectivity index (χ4n) is 4.06. The van der Waals surface area contributed by atoms with Gasteiger partial charge < -0.3 is 4.74 Å². The fraction of sp³-hybridized carbons (Fsp3) is 0.172. The van der Waals surface area contributed by atoms with Crippen molar-refractivity contribution >= 4 is 15.9 Å². The number of ether oxygens (including phenoxy) is 1. The Morgan fingerprint density at radius 1 is 0.974 bits per heavy atom. The molecule has 1 amide bonds. The zero-order valence-corrected chi connectivity index (χ0v) is 22.3. The minimum absolute atomic E-state index is 0. The maximum Gasteiger partial charge on any atom is 0.281 e. The molecule has 0 aliphatic rings. The van der Waals surface area contributed by atoms with Gasteiger partial charge in [-0.25, -0.2) is 14.7 Å². The van der Waals surface area contributed by atoms with Crippen molar-refractivity contribution in [2.45, 2.75) is 39.1 Å². The van der Waals surface area contributed by atoms with Crippen molar-refractivity contribution in [3.63, 3.8) is 0 Å². The van der Waals surface area contributed by atoms with Gasteiger partial charge >= 0.3 is 0 Å². The van der Waals surface area contributed by atoms with E-state index in [1.54, 1.807) is 25.1 Å². The predicted octanol–water partition coefficient (Wildman–Crippen LogP) is 5.85.